The number of halogens is 3. The van der Waals surface area contributed by atoms with Gasteiger partial charge in [-0.05, 0) is 71.9 Å². The number of thioether (sulfide) groups is 1. The van der Waals surface area contributed by atoms with Gasteiger partial charge in [0.2, 0.25) is 0 Å². The van der Waals surface area contributed by atoms with Crippen molar-refractivity contribution < 1.29 is 31.3 Å². The maximum Gasteiger partial charge on any atom is 0.339 e. The predicted molar refractivity (Wildman–Crippen MR) is 135 cm³/mol. The van der Waals surface area contributed by atoms with E-state index in [4.69, 9.17) is 32.1 Å². The molecule has 0 saturated carbocycles. The summed E-state index contributed by atoms with van der Waals surface area (Å²) < 4.78 is 50.1. The summed E-state index contributed by atoms with van der Waals surface area (Å²) >= 11 is 12.5. The van der Waals surface area contributed by atoms with Gasteiger partial charge in [-0.2, -0.15) is 8.42 Å². The van der Waals surface area contributed by atoms with Crippen molar-refractivity contribution >= 4 is 62.3 Å². The average molecular weight is 568 g/mol. The number of amides is 2. The highest BCUT2D eigenvalue weighted by Crippen LogP contribution is 2.37. The van der Waals surface area contributed by atoms with E-state index in [9.17, 15) is 22.4 Å². The van der Waals surface area contributed by atoms with Gasteiger partial charge >= 0.3 is 10.1 Å². The zero-order valence-electron chi connectivity index (χ0n) is 18.4. The van der Waals surface area contributed by atoms with Gasteiger partial charge in [0.15, 0.2) is 11.5 Å². The van der Waals surface area contributed by atoms with Gasteiger partial charge in [0.05, 0.1) is 18.6 Å². The van der Waals surface area contributed by atoms with Gasteiger partial charge in [-0.15, -0.1) is 0 Å². The van der Waals surface area contributed by atoms with Crippen LogP contribution in [0.2, 0.25) is 10.0 Å². The summed E-state index contributed by atoms with van der Waals surface area (Å²) in [5, 5.41) is -0.141. The van der Waals surface area contributed by atoms with Crippen molar-refractivity contribution in [3.05, 3.63) is 92.6 Å². The number of nitrogens with zero attached hydrogens (tertiary/aromatic N) is 1. The first-order valence-corrected chi connectivity index (χ1v) is 13.1. The van der Waals surface area contributed by atoms with E-state index in [0.29, 0.717) is 22.3 Å². The molecular weight excluding hydrogens is 552 g/mol. The molecule has 1 saturated heterocycles. The molecule has 1 aliphatic heterocycles. The summed E-state index contributed by atoms with van der Waals surface area (Å²) in [5.41, 5.74) is 0.391. The standard InChI is InChI=1S/C24H16Cl2FNO6S2/c1-33-20-10-5-14(11-21(20)34-36(31,32)16-8-6-15(25)7-9-16)12-22-23(29)28(24(30)35-22)13-17-18(26)3-2-4-19(17)27/h2-12H,13H2,1H3/b22-12-. The quantitative estimate of drug-likeness (QED) is 0.250. The summed E-state index contributed by atoms with van der Waals surface area (Å²) in [4.78, 5) is 26.2. The number of methoxy groups -OCH3 is 1. The molecule has 186 valence electrons. The Kier molecular flexibility index (Phi) is 7.60. The van der Waals surface area contributed by atoms with E-state index in [-0.39, 0.29) is 38.4 Å². The van der Waals surface area contributed by atoms with Crippen molar-refractivity contribution in [1.29, 1.82) is 0 Å². The van der Waals surface area contributed by atoms with Gasteiger partial charge < -0.3 is 8.92 Å². The third-order valence-corrected chi connectivity index (χ3v) is 7.80. The van der Waals surface area contributed by atoms with Crippen LogP contribution in [0.15, 0.2) is 70.5 Å². The van der Waals surface area contributed by atoms with Crippen LogP contribution in [-0.2, 0) is 21.5 Å². The summed E-state index contributed by atoms with van der Waals surface area (Å²) in [5.74, 6) is -1.27. The Bertz CT molecular complexity index is 1470. The van der Waals surface area contributed by atoms with Crippen molar-refractivity contribution in [2.24, 2.45) is 0 Å². The summed E-state index contributed by atoms with van der Waals surface area (Å²) in [6.07, 6.45) is 1.40. The molecular formula is C24H16Cl2FNO6S2. The fourth-order valence-corrected chi connectivity index (χ4v) is 5.36. The molecule has 3 aromatic carbocycles. The predicted octanol–water partition coefficient (Wildman–Crippen LogP) is 6.15. The zero-order chi connectivity index (χ0) is 26.0. The molecule has 0 aromatic heterocycles. The number of imide groups is 1. The minimum absolute atomic E-state index is 0.0234. The molecule has 0 N–H and O–H groups in total. The molecule has 1 fully saturated rings. The van der Waals surface area contributed by atoms with E-state index in [1.807, 2.05) is 0 Å². The SMILES string of the molecule is COc1ccc(/C=C2\SC(=O)N(Cc3c(F)cccc3Cl)C2=O)cc1OS(=O)(=O)c1ccc(Cl)cc1. The molecule has 2 amide bonds. The second-order valence-corrected chi connectivity index (χ2v) is 10.8. The third kappa shape index (κ3) is 5.52. The van der Waals surface area contributed by atoms with Crippen LogP contribution in [0.1, 0.15) is 11.1 Å². The van der Waals surface area contributed by atoms with Gasteiger partial charge in [-0.25, -0.2) is 4.39 Å². The van der Waals surface area contributed by atoms with Crippen LogP contribution in [0.4, 0.5) is 9.18 Å². The average Bonchev–Trinajstić information content (AvgIpc) is 3.08. The van der Waals surface area contributed by atoms with Crippen LogP contribution in [0.5, 0.6) is 11.5 Å². The topological polar surface area (TPSA) is 90.0 Å². The van der Waals surface area contributed by atoms with Crippen LogP contribution in [0, 0.1) is 5.82 Å². The largest absolute Gasteiger partial charge is 0.493 e. The van der Waals surface area contributed by atoms with E-state index >= 15 is 0 Å². The molecule has 36 heavy (non-hydrogen) atoms. The van der Waals surface area contributed by atoms with Crippen LogP contribution < -0.4 is 8.92 Å². The third-order valence-electron chi connectivity index (χ3n) is 5.04. The number of benzene rings is 3. The lowest BCUT2D eigenvalue weighted by atomic mass is 10.1. The summed E-state index contributed by atoms with van der Waals surface area (Å²) in [6, 6.07) is 13.9. The summed E-state index contributed by atoms with van der Waals surface area (Å²) in [6.45, 7) is -0.330. The fraction of sp³-hybridized carbons (Fsp3) is 0.0833. The number of ether oxygens (including phenoxy) is 1. The van der Waals surface area contributed by atoms with Gasteiger partial charge in [0.25, 0.3) is 11.1 Å². The Morgan fingerprint density at radius 3 is 2.42 bits per heavy atom. The molecule has 7 nitrogen and oxygen atoms in total. The molecule has 0 bridgehead atoms. The minimum atomic E-state index is -4.22. The number of carbonyl (C=O) groups excluding carboxylic acids is 2. The van der Waals surface area contributed by atoms with Crippen LogP contribution in [0.25, 0.3) is 6.08 Å². The molecule has 12 heteroatoms. The highest BCUT2D eigenvalue weighted by molar-refractivity contribution is 8.18. The molecule has 0 atom stereocenters. The number of carbonyl (C=O) groups is 2. The van der Waals surface area contributed by atoms with Gasteiger partial charge in [-0.1, -0.05) is 35.3 Å². The Labute approximate surface area is 220 Å². The van der Waals surface area contributed by atoms with E-state index in [2.05, 4.69) is 0 Å². The highest BCUT2D eigenvalue weighted by atomic mass is 35.5. The Hall–Kier alpha value is -3.05. The number of hydrogen-bond donors (Lipinski definition) is 0. The zero-order valence-corrected chi connectivity index (χ0v) is 21.5. The second-order valence-electron chi connectivity index (χ2n) is 7.37. The first-order chi connectivity index (χ1) is 17.1. The maximum atomic E-state index is 14.2. The van der Waals surface area contributed by atoms with Crippen molar-refractivity contribution in [2.45, 2.75) is 11.4 Å². The molecule has 0 aliphatic carbocycles. The second kappa shape index (κ2) is 10.5. The normalized spacial score (nSPS) is 15.0. The summed E-state index contributed by atoms with van der Waals surface area (Å²) in [7, 11) is -2.88. The Morgan fingerprint density at radius 1 is 1.03 bits per heavy atom. The number of hydrogen-bond acceptors (Lipinski definition) is 7. The van der Waals surface area contributed by atoms with Gasteiger partial charge in [0.1, 0.15) is 10.7 Å². The smallest absolute Gasteiger partial charge is 0.339 e. The van der Waals surface area contributed by atoms with Crippen molar-refractivity contribution in [3.63, 3.8) is 0 Å². The van der Waals surface area contributed by atoms with Crippen LogP contribution >= 0.6 is 35.0 Å². The highest BCUT2D eigenvalue weighted by Gasteiger charge is 2.36. The minimum Gasteiger partial charge on any atom is -0.493 e. The lowest BCUT2D eigenvalue weighted by Crippen LogP contribution is -2.28. The lowest BCUT2D eigenvalue weighted by Gasteiger charge is -2.14. The lowest BCUT2D eigenvalue weighted by molar-refractivity contribution is -0.123. The molecule has 0 radical (unpaired) electrons. The Balaban J connectivity index is 1.61. The van der Waals surface area contributed by atoms with Crippen molar-refractivity contribution in [3.8, 4) is 11.5 Å². The van der Waals surface area contributed by atoms with E-state index in [1.54, 1.807) is 6.07 Å². The van der Waals surface area contributed by atoms with Crippen LogP contribution in [-0.4, -0.2) is 31.6 Å². The first-order valence-electron chi connectivity index (χ1n) is 10.2. The molecule has 0 spiro atoms. The molecule has 4 rings (SSSR count). The first kappa shape index (κ1) is 26.0. The molecule has 3 aromatic rings. The van der Waals surface area contributed by atoms with E-state index < -0.39 is 27.1 Å². The molecule has 1 aliphatic rings. The molecule has 1 heterocycles. The fourth-order valence-electron chi connectivity index (χ4n) is 3.24. The maximum absolute atomic E-state index is 14.2. The van der Waals surface area contributed by atoms with Crippen molar-refractivity contribution in [1.82, 2.24) is 4.90 Å². The van der Waals surface area contributed by atoms with E-state index in [0.717, 1.165) is 4.90 Å². The number of rotatable bonds is 7. The Morgan fingerprint density at radius 2 is 1.75 bits per heavy atom. The van der Waals surface area contributed by atoms with Gasteiger partial charge in [-0.3, -0.25) is 14.5 Å². The van der Waals surface area contributed by atoms with Gasteiger partial charge in [0, 0.05) is 15.6 Å². The molecule has 0 unspecified atom stereocenters. The van der Waals surface area contributed by atoms with Crippen LogP contribution in [0.3, 0.4) is 0 Å². The monoisotopic (exact) mass is 567 g/mol. The van der Waals surface area contributed by atoms with Crippen molar-refractivity contribution in [2.75, 3.05) is 7.11 Å². The van der Waals surface area contributed by atoms with E-state index in [1.165, 1.54) is 67.8 Å².